The van der Waals surface area contributed by atoms with Crippen molar-refractivity contribution in [2.75, 3.05) is 26.2 Å². The molecule has 2 aliphatic rings. The van der Waals surface area contributed by atoms with Crippen molar-refractivity contribution in [1.82, 2.24) is 15.2 Å². The predicted octanol–water partition coefficient (Wildman–Crippen LogP) is 1.39. The van der Waals surface area contributed by atoms with E-state index in [4.69, 9.17) is 9.47 Å². The van der Waals surface area contributed by atoms with E-state index >= 15 is 0 Å². The van der Waals surface area contributed by atoms with Gasteiger partial charge in [-0.05, 0) is 23.8 Å². The Balaban J connectivity index is 1.54. The van der Waals surface area contributed by atoms with Gasteiger partial charge in [-0.1, -0.05) is 18.2 Å². The van der Waals surface area contributed by atoms with Gasteiger partial charge in [0.1, 0.15) is 6.61 Å². The highest BCUT2D eigenvalue weighted by atomic mass is 16.6. The largest absolute Gasteiger partial charge is 0.485 e. The summed E-state index contributed by atoms with van der Waals surface area (Å²) < 4.78 is 11.6. The average Bonchev–Trinajstić information content (AvgIpc) is 2.68. The van der Waals surface area contributed by atoms with Gasteiger partial charge >= 0.3 is 0 Å². The molecule has 1 fully saturated rings. The van der Waals surface area contributed by atoms with Crippen molar-refractivity contribution < 1.29 is 14.3 Å². The molecule has 2 unspecified atom stereocenters. The van der Waals surface area contributed by atoms with Crippen LogP contribution in [0.15, 0.2) is 48.8 Å². The van der Waals surface area contributed by atoms with E-state index in [0.29, 0.717) is 24.6 Å². The highest BCUT2D eigenvalue weighted by Gasteiger charge is 2.36. The Hall–Kier alpha value is -2.60. The highest BCUT2D eigenvalue weighted by Crippen LogP contribution is 2.32. The number of benzene rings is 1. The van der Waals surface area contributed by atoms with Crippen LogP contribution in [0, 0.1) is 0 Å². The van der Waals surface area contributed by atoms with Gasteiger partial charge in [0.2, 0.25) is 6.10 Å². The van der Waals surface area contributed by atoms with Crippen molar-refractivity contribution in [3.05, 3.63) is 54.4 Å². The van der Waals surface area contributed by atoms with Gasteiger partial charge in [-0.25, -0.2) is 0 Å². The number of pyridine rings is 1. The summed E-state index contributed by atoms with van der Waals surface area (Å²) in [6.45, 7) is 2.35. The maximum Gasteiger partial charge on any atom is 0.267 e. The van der Waals surface area contributed by atoms with Gasteiger partial charge < -0.3 is 19.7 Å². The molecule has 1 N–H and O–H groups in total. The minimum atomic E-state index is -0.614. The maximum atomic E-state index is 13.0. The first-order valence-electron chi connectivity index (χ1n) is 8.12. The number of hydrogen-bond donors (Lipinski definition) is 1. The number of para-hydroxylation sites is 2. The fraction of sp³-hybridized carbons (Fsp3) is 0.333. The van der Waals surface area contributed by atoms with E-state index < -0.39 is 6.10 Å². The van der Waals surface area contributed by atoms with Crippen LogP contribution in [0.25, 0.3) is 0 Å². The predicted molar refractivity (Wildman–Crippen MR) is 87.9 cm³/mol. The van der Waals surface area contributed by atoms with Crippen LogP contribution in [-0.4, -0.2) is 48.1 Å². The second kappa shape index (κ2) is 6.49. The van der Waals surface area contributed by atoms with Crippen molar-refractivity contribution in [1.29, 1.82) is 0 Å². The summed E-state index contributed by atoms with van der Waals surface area (Å²) in [6, 6.07) is 11.3. The number of hydrogen-bond acceptors (Lipinski definition) is 5. The van der Waals surface area contributed by atoms with Crippen LogP contribution < -0.4 is 14.8 Å². The number of nitrogens with one attached hydrogen (secondary N) is 1. The molecule has 124 valence electrons. The molecule has 2 aliphatic heterocycles. The van der Waals surface area contributed by atoms with Gasteiger partial charge in [-0.15, -0.1) is 0 Å². The third-order valence-electron chi connectivity index (χ3n) is 4.38. The summed E-state index contributed by atoms with van der Waals surface area (Å²) in [5.41, 5.74) is 1.02. The molecule has 0 spiro atoms. The normalized spacial score (nSPS) is 22.9. The lowest BCUT2D eigenvalue weighted by molar-refractivity contribution is -0.144. The fourth-order valence-corrected chi connectivity index (χ4v) is 3.17. The summed E-state index contributed by atoms with van der Waals surface area (Å²) in [5.74, 6) is 1.26. The molecular weight excluding hydrogens is 306 g/mol. The van der Waals surface area contributed by atoms with Crippen molar-refractivity contribution in [3.8, 4) is 11.5 Å². The van der Waals surface area contributed by atoms with Gasteiger partial charge in [0.25, 0.3) is 5.91 Å². The lowest BCUT2D eigenvalue weighted by Crippen LogP contribution is -2.54. The van der Waals surface area contributed by atoms with Crippen LogP contribution in [0.3, 0.4) is 0 Å². The summed E-state index contributed by atoms with van der Waals surface area (Å²) in [5, 5.41) is 3.34. The Kier molecular flexibility index (Phi) is 4.04. The third kappa shape index (κ3) is 2.80. The number of carbonyl (C=O) groups excluding carboxylic acids is 1. The molecule has 0 radical (unpaired) electrons. The molecule has 1 aromatic carbocycles. The number of piperazine rings is 1. The molecule has 6 heteroatoms. The zero-order valence-electron chi connectivity index (χ0n) is 13.2. The fourth-order valence-electron chi connectivity index (χ4n) is 3.17. The molecule has 24 heavy (non-hydrogen) atoms. The van der Waals surface area contributed by atoms with Crippen molar-refractivity contribution >= 4 is 5.91 Å². The van der Waals surface area contributed by atoms with E-state index in [1.165, 1.54) is 0 Å². The Morgan fingerprint density at radius 1 is 1.21 bits per heavy atom. The SMILES string of the molecule is O=C(C1COc2ccccc2O1)N1CCNCC1c1cccnc1. The summed E-state index contributed by atoms with van der Waals surface area (Å²) >= 11 is 0. The zero-order chi connectivity index (χ0) is 16.4. The second-order valence-electron chi connectivity index (χ2n) is 5.90. The lowest BCUT2D eigenvalue weighted by Gasteiger charge is -2.39. The maximum absolute atomic E-state index is 13.0. The number of aromatic nitrogens is 1. The van der Waals surface area contributed by atoms with Gasteiger partial charge in [0.05, 0.1) is 6.04 Å². The molecule has 3 heterocycles. The highest BCUT2D eigenvalue weighted by molar-refractivity contribution is 5.82. The number of ether oxygens (including phenoxy) is 2. The molecule has 0 bridgehead atoms. The molecule has 2 atom stereocenters. The molecule has 0 aliphatic carbocycles. The van der Waals surface area contributed by atoms with E-state index in [2.05, 4.69) is 10.3 Å². The molecular formula is C18H19N3O3. The summed E-state index contributed by atoms with van der Waals surface area (Å²) in [7, 11) is 0. The van der Waals surface area contributed by atoms with Gasteiger partial charge in [-0.2, -0.15) is 0 Å². The molecule has 6 nitrogen and oxygen atoms in total. The molecule has 0 saturated carbocycles. The topological polar surface area (TPSA) is 63.7 Å². The molecule has 1 saturated heterocycles. The average molecular weight is 325 g/mol. The third-order valence-corrected chi connectivity index (χ3v) is 4.38. The second-order valence-corrected chi connectivity index (χ2v) is 5.90. The minimum absolute atomic E-state index is 0.0410. The molecule has 2 aromatic rings. The number of amides is 1. The van der Waals surface area contributed by atoms with E-state index in [-0.39, 0.29) is 18.6 Å². The molecule has 4 rings (SSSR count). The number of carbonyl (C=O) groups is 1. The first-order chi connectivity index (χ1) is 11.8. The zero-order valence-corrected chi connectivity index (χ0v) is 13.2. The first-order valence-corrected chi connectivity index (χ1v) is 8.12. The standard InChI is InChI=1S/C18H19N3O3/c22-18(17-12-23-15-5-1-2-6-16(15)24-17)21-9-8-20-11-14(21)13-4-3-7-19-10-13/h1-7,10,14,17,20H,8-9,11-12H2. The van der Waals surface area contributed by atoms with Gasteiger partial charge in [0.15, 0.2) is 11.5 Å². The van der Waals surface area contributed by atoms with Crippen molar-refractivity contribution in [2.24, 2.45) is 0 Å². The monoisotopic (exact) mass is 325 g/mol. The minimum Gasteiger partial charge on any atom is -0.485 e. The van der Waals surface area contributed by atoms with Crippen LogP contribution in [-0.2, 0) is 4.79 Å². The Bertz CT molecular complexity index is 722. The smallest absolute Gasteiger partial charge is 0.267 e. The lowest BCUT2D eigenvalue weighted by atomic mass is 10.0. The van der Waals surface area contributed by atoms with Crippen molar-refractivity contribution in [3.63, 3.8) is 0 Å². The van der Waals surface area contributed by atoms with E-state index in [1.54, 1.807) is 6.20 Å². The number of rotatable bonds is 2. The molecule has 1 aromatic heterocycles. The van der Waals surface area contributed by atoms with E-state index in [0.717, 1.165) is 12.1 Å². The number of fused-ring (bicyclic) bond motifs is 1. The summed E-state index contributed by atoms with van der Waals surface area (Å²) in [6.07, 6.45) is 2.93. The van der Waals surface area contributed by atoms with Crippen LogP contribution in [0.2, 0.25) is 0 Å². The molecule has 1 amide bonds. The Labute approximate surface area is 140 Å². The van der Waals surface area contributed by atoms with Gasteiger partial charge in [0, 0.05) is 32.0 Å². The van der Waals surface area contributed by atoms with Gasteiger partial charge in [-0.3, -0.25) is 9.78 Å². The Morgan fingerprint density at radius 3 is 2.92 bits per heavy atom. The van der Waals surface area contributed by atoms with E-state index in [9.17, 15) is 4.79 Å². The number of nitrogens with zero attached hydrogens (tertiary/aromatic N) is 2. The Morgan fingerprint density at radius 2 is 2.08 bits per heavy atom. The van der Waals surface area contributed by atoms with Crippen LogP contribution >= 0.6 is 0 Å². The van der Waals surface area contributed by atoms with Crippen molar-refractivity contribution in [2.45, 2.75) is 12.1 Å². The summed E-state index contributed by atoms with van der Waals surface area (Å²) in [4.78, 5) is 19.1. The van der Waals surface area contributed by atoms with Crippen LogP contribution in [0.1, 0.15) is 11.6 Å². The van der Waals surface area contributed by atoms with E-state index in [1.807, 2.05) is 47.5 Å². The van der Waals surface area contributed by atoms with Crippen LogP contribution in [0.4, 0.5) is 0 Å². The van der Waals surface area contributed by atoms with Crippen LogP contribution in [0.5, 0.6) is 11.5 Å². The first kappa shape index (κ1) is 15.0. The quantitative estimate of drug-likeness (QED) is 0.904.